The van der Waals surface area contributed by atoms with Gasteiger partial charge in [-0.05, 0) is 84.8 Å². The Balaban J connectivity index is 1.55. The van der Waals surface area contributed by atoms with E-state index in [4.69, 9.17) is 5.11 Å². The third-order valence-corrected chi connectivity index (χ3v) is 7.57. The van der Waals surface area contributed by atoms with Gasteiger partial charge in [0.05, 0.1) is 18.7 Å². The standard InChI is InChI=1S/C30H31IN4O6/c36-28(37)17-18-32-29(38)24-11-9-21(10-12-24)20-34(26-15-13-23(14-16-26)22-5-2-1-3-6-22)30(39)33-25-7-4-8-27(19-25)35(41)31-40/h4-5,7-16,19,41H,1-3,6,17-18,20H2,(H,32,38)(H,33,39)(H,36,37). The first-order chi connectivity index (χ1) is 19.8. The lowest BCUT2D eigenvalue weighted by Gasteiger charge is -2.24. The van der Waals surface area contributed by atoms with E-state index in [2.05, 4.69) is 16.7 Å². The number of benzene rings is 3. The number of rotatable bonds is 11. The number of carbonyl (C=O) groups excluding carboxylic acids is 2. The number of allylic oxidation sites excluding steroid dienone is 2. The Bertz CT molecular complexity index is 1430. The first-order valence-electron chi connectivity index (χ1n) is 13.2. The highest BCUT2D eigenvalue weighted by atomic mass is 127. The Morgan fingerprint density at radius 3 is 2.34 bits per heavy atom. The van der Waals surface area contributed by atoms with Gasteiger partial charge in [-0.15, -0.1) is 0 Å². The highest BCUT2D eigenvalue weighted by Gasteiger charge is 2.18. The summed E-state index contributed by atoms with van der Waals surface area (Å²) in [5.41, 5.74) is 4.99. The van der Waals surface area contributed by atoms with E-state index in [0.29, 0.717) is 25.9 Å². The molecule has 3 aromatic carbocycles. The van der Waals surface area contributed by atoms with Crippen molar-refractivity contribution in [2.75, 3.05) is 20.0 Å². The van der Waals surface area contributed by atoms with Crippen molar-refractivity contribution < 1.29 is 27.8 Å². The highest BCUT2D eigenvalue weighted by Crippen LogP contribution is 2.29. The summed E-state index contributed by atoms with van der Waals surface area (Å²) in [7, 11) is 0. The van der Waals surface area contributed by atoms with Gasteiger partial charge in [0.25, 0.3) is 27.4 Å². The molecule has 0 heterocycles. The highest BCUT2D eigenvalue weighted by molar-refractivity contribution is 14.1. The molecule has 0 radical (unpaired) electrons. The number of nitrogens with one attached hydrogen (secondary N) is 2. The number of nitrogens with zero attached hydrogens (tertiary/aromatic N) is 2. The number of aliphatic carboxylic acids is 1. The summed E-state index contributed by atoms with van der Waals surface area (Å²) < 4.78 is 11.8. The Morgan fingerprint density at radius 1 is 0.927 bits per heavy atom. The molecular weight excluding hydrogens is 639 g/mol. The summed E-state index contributed by atoms with van der Waals surface area (Å²) in [5.74, 6) is -1.37. The minimum atomic E-state index is -1.82. The van der Waals surface area contributed by atoms with E-state index in [1.165, 1.54) is 18.1 Å². The van der Waals surface area contributed by atoms with Crippen molar-refractivity contribution in [1.29, 1.82) is 0 Å². The Morgan fingerprint density at radius 2 is 1.68 bits per heavy atom. The first-order valence-corrected chi connectivity index (χ1v) is 15.0. The number of anilines is 3. The fourth-order valence-corrected chi connectivity index (χ4v) is 5.02. The number of hydrogen-bond acceptors (Lipinski definition) is 5. The van der Waals surface area contributed by atoms with E-state index < -0.39 is 33.5 Å². The quantitative estimate of drug-likeness (QED) is 0.104. The summed E-state index contributed by atoms with van der Waals surface area (Å²) in [6.45, 7) is 0.231. The van der Waals surface area contributed by atoms with Gasteiger partial charge in [0, 0.05) is 23.5 Å². The maximum absolute atomic E-state index is 13.6. The number of carboxylic acid groups (broad SMARTS) is 1. The molecule has 1 aliphatic carbocycles. The zero-order valence-electron chi connectivity index (χ0n) is 22.3. The van der Waals surface area contributed by atoms with Gasteiger partial charge in [-0.1, -0.05) is 36.4 Å². The monoisotopic (exact) mass is 670 g/mol. The fourth-order valence-electron chi connectivity index (χ4n) is 4.49. The fraction of sp³-hybridized carbons (Fsp3) is 0.233. The van der Waals surface area contributed by atoms with Gasteiger partial charge < -0.3 is 15.7 Å². The summed E-state index contributed by atoms with van der Waals surface area (Å²) in [6, 6.07) is 20.6. The van der Waals surface area contributed by atoms with Crippen molar-refractivity contribution in [3.63, 3.8) is 0 Å². The topological polar surface area (TPSA) is 139 Å². The molecule has 41 heavy (non-hydrogen) atoms. The van der Waals surface area contributed by atoms with Gasteiger partial charge in [0.1, 0.15) is 0 Å². The van der Waals surface area contributed by atoms with Gasteiger partial charge in [-0.2, -0.15) is 3.28 Å². The molecule has 1 aliphatic rings. The summed E-state index contributed by atoms with van der Waals surface area (Å²) >= 11 is -1.82. The van der Waals surface area contributed by atoms with E-state index >= 15 is 0 Å². The zero-order valence-corrected chi connectivity index (χ0v) is 24.4. The van der Waals surface area contributed by atoms with E-state index in [1.807, 2.05) is 24.3 Å². The maximum atomic E-state index is 13.6. The predicted molar refractivity (Wildman–Crippen MR) is 165 cm³/mol. The molecule has 11 heteroatoms. The molecule has 0 atom stereocenters. The van der Waals surface area contributed by atoms with Crippen LogP contribution < -0.4 is 18.8 Å². The van der Waals surface area contributed by atoms with Crippen LogP contribution in [0.4, 0.5) is 21.9 Å². The van der Waals surface area contributed by atoms with Crippen molar-refractivity contribution in [3.8, 4) is 0 Å². The van der Waals surface area contributed by atoms with Gasteiger partial charge in [0.2, 0.25) is 0 Å². The molecule has 4 N–H and O–H groups in total. The molecule has 4 rings (SSSR count). The minimum Gasteiger partial charge on any atom is -0.481 e. The molecule has 0 unspecified atom stereocenters. The van der Waals surface area contributed by atoms with Gasteiger partial charge >= 0.3 is 12.0 Å². The van der Waals surface area contributed by atoms with Crippen LogP contribution in [0, 0.1) is 0 Å². The van der Waals surface area contributed by atoms with Crippen LogP contribution in [0.1, 0.15) is 53.6 Å². The predicted octanol–water partition coefficient (Wildman–Crippen LogP) is 6.51. The number of halogens is 1. The number of carbonyl (C=O) groups is 3. The number of urea groups is 1. The second kappa shape index (κ2) is 14.5. The van der Waals surface area contributed by atoms with Gasteiger partial charge in [-0.25, -0.2) is 7.86 Å². The average Bonchev–Trinajstić information content (AvgIpc) is 3.00. The maximum Gasteiger partial charge on any atom is 0.326 e. The number of hydrogen-bond donors (Lipinski definition) is 4. The van der Waals surface area contributed by atoms with Crippen LogP contribution in [-0.2, 0) is 14.4 Å². The van der Waals surface area contributed by atoms with Crippen molar-refractivity contribution in [1.82, 2.24) is 5.32 Å². The second-order valence-electron chi connectivity index (χ2n) is 9.51. The van der Waals surface area contributed by atoms with Crippen LogP contribution in [0.25, 0.3) is 5.57 Å². The lowest BCUT2D eigenvalue weighted by molar-refractivity contribution is -0.136. The van der Waals surface area contributed by atoms with E-state index in [0.717, 1.165) is 30.4 Å². The van der Waals surface area contributed by atoms with Crippen LogP contribution in [-0.4, -0.2) is 34.8 Å². The molecule has 3 aromatic rings. The molecule has 0 spiro atoms. The molecular formula is C30H31IN4O6. The first kappa shape index (κ1) is 29.9. The summed E-state index contributed by atoms with van der Waals surface area (Å²) in [4.78, 5) is 38.2. The third kappa shape index (κ3) is 8.44. The normalized spacial score (nSPS) is 12.7. The summed E-state index contributed by atoms with van der Waals surface area (Å²) in [6.07, 6.45) is 6.56. The second-order valence-corrected chi connectivity index (χ2v) is 10.8. The molecule has 0 saturated carbocycles. The number of amides is 3. The van der Waals surface area contributed by atoms with Crippen molar-refractivity contribution in [3.05, 3.63) is 95.6 Å². The molecule has 0 saturated heterocycles. The molecule has 0 bridgehead atoms. The molecule has 214 valence electrons. The Kier molecular flexibility index (Phi) is 10.6. The van der Waals surface area contributed by atoms with E-state index in [9.17, 15) is 22.7 Å². The van der Waals surface area contributed by atoms with Crippen LogP contribution in [0.5, 0.6) is 0 Å². The average molecular weight is 671 g/mol. The molecule has 3 amide bonds. The molecule has 10 nitrogen and oxygen atoms in total. The van der Waals surface area contributed by atoms with Crippen LogP contribution in [0.2, 0.25) is 0 Å². The van der Waals surface area contributed by atoms with E-state index in [1.54, 1.807) is 47.4 Å². The summed E-state index contributed by atoms with van der Waals surface area (Å²) in [5, 5.41) is 24.0. The lowest BCUT2D eigenvalue weighted by Crippen LogP contribution is -2.34. The van der Waals surface area contributed by atoms with Crippen LogP contribution >= 0.6 is 21.5 Å². The lowest BCUT2D eigenvalue weighted by atomic mass is 9.93. The molecule has 0 aliphatic heterocycles. The van der Waals surface area contributed by atoms with E-state index in [-0.39, 0.29) is 25.4 Å². The van der Waals surface area contributed by atoms with Crippen LogP contribution in [0.3, 0.4) is 0 Å². The van der Waals surface area contributed by atoms with Crippen molar-refractivity contribution in [2.45, 2.75) is 38.6 Å². The minimum absolute atomic E-state index is 0.0303. The largest absolute Gasteiger partial charge is 0.481 e. The van der Waals surface area contributed by atoms with Gasteiger partial charge in [-0.3, -0.25) is 19.7 Å². The van der Waals surface area contributed by atoms with Crippen molar-refractivity contribution >= 4 is 62.0 Å². The molecule has 0 fully saturated rings. The Labute approximate surface area is 248 Å². The van der Waals surface area contributed by atoms with Gasteiger partial charge in [0.15, 0.2) is 0 Å². The Hall–Kier alpha value is -4.10. The number of carboxylic acids is 1. The van der Waals surface area contributed by atoms with Crippen LogP contribution in [0.15, 0.2) is 78.9 Å². The zero-order chi connectivity index (χ0) is 29.2. The smallest absolute Gasteiger partial charge is 0.326 e. The SMILES string of the molecule is O=IN(O)c1cccc(NC(=O)N(Cc2ccc(C(=O)NCCC(=O)O)cc2)c2ccc(C3=CCCCC3)cc2)c1. The van der Waals surface area contributed by atoms with Crippen molar-refractivity contribution in [2.24, 2.45) is 0 Å². The third-order valence-electron chi connectivity index (χ3n) is 6.64. The molecule has 0 aromatic heterocycles.